The van der Waals surface area contributed by atoms with Gasteiger partial charge in [-0.25, -0.2) is 0 Å². The van der Waals surface area contributed by atoms with E-state index in [4.69, 9.17) is 0 Å². The maximum Gasteiger partial charge on any atom is 0.0580 e. The minimum atomic E-state index is -0.104. The SMILES string of the molecule is CC(Cn1cccn1)NCC1CCCCC1O. The van der Waals surface area contributed by atoms with Crippen molar-refractivity contribution in [2.24, 2.45) is 5.92 Å². The van der Waals surface area contributed by atoms with E-state index < -0.39 is 0 Å². The number of hydrogen-bond donors (Lipinski definition) is 2. The van der Waals surface area contributed by atoms with Crippen LogP contribution in [0, 0.1) is 5.92 Å². The van der Waals surface area contributed by atoms with Crippen LogP contribution in [0.5, 0.6) is 0 Å². The van der Waals surface area contributed by atoms with Crippen LogP contribution in [-0.2, 0) is 6.54 Å². The lowest BCUT2D eigenvalue weighted by atomic mass is 9.86. The van der Waals surface area contributed by atoms with Gasteiger partial charge in [-0.15, -0.1) is 0 Å². The molecule has 2 rings (SSSR count). The molecule has 0 saturated heterocycles. The van der Waals surface area contributed by atoms with Crippen molar-refractivity contribution in [1.82, 2.24) is 15.1 Å². The first-order chi connectivity index (χ1) is 8.25. The fourth-order valence-electron chi connectivity index (χ4n) is 2.53. The summed E-state index contributed by atoms with van der Waals surface area (Å²) >= 11 is 0. The monoisotopic (exact) mass is 237 g/mol. The average molecular weight is 237 g/mol. The zero-order chi connectivity index (χ0) is 12.1. The van der Waals surface area contributed by atoms with Gasteiger partial charge in [-0.3, -0.25) is 4.68 Å². The molecule has 0 spiro atoms. The van der Waals surface area contributed by atoms with Crippen LogP contribution in [-0.4, -0.2) is 33.6 Å². The number of nitrogens with zero attached hydrogens (tertiary/aromatic N) is 2. The van der Waals surface area contributed by atoms with Gasteiger partial charge in [0.2, 0.25) is 0 Å². The van der Waals surface area contributed by atoms with Gasteiger partial charge in [0.05, 0.1) is 12.6 Å². The topological polar surface area (TPSA) is 50.1 Å². The summed E-state index contributed by atoms with van der Waals surface area (Å²) in [4.78, 5) is 0. The Balaban J connectivity index is 1.70. The highest BCUT2D eigenvalue weighted by molar-refractivity contribution is 4.80. The first kappa shape index (κ1) is 12.6. The van der Waals surface area contributed by atoms with E-state index in [9.17, 15) is 5.11 Å². The summed E-state index contributed by atoms with van der Waals surface area (Å²) in [5.41, 5.74) is 0. The van der Waals surface area contributed by atoms with Gasteiger partial charge >= 0.3 is 0 Å². The van der Waals surface area contributed by atoms with Crippen LogP contribution < -0.4 is 5.32 Å². The summed E-state index contributed by atoms with van der Waals surface area (Å²) in [5.74, 6) is 0.434. The molecule has 1 heterocycles. The summed E-state index contributed by atoms with van der Waals surface area (Å²) in [6.07, 6.45) is 8.25. The summed E-state index contributed by atoms with van der Waals surface area (Å²) < 4.78 is 1.94. The molecule has 0 amide bonds. The number of rotatable bonds is 5. The van der Waals surface area contributed by atoms with Crippen molar-refractivity contribution in [1.29, 1.82) is 0 Å². The molecule has 3 unspecified atom stereocenters. The second-order valence-corrected chi connectivity index (χ2v) is 5.15. The number of aromatic nitrogens is 2. The van der Waals surface area contributed by atoms with E-state index in [1.807, 2.05) is 16.9 Å². The van der Waals surface area contributed by atoms with Crippen molar-refractivity contribution in [3.8, 4) is 0 Å². The Labute approximate surface area is 103 Å². The van der Waals surface area contributed by atoms with Crippen molar-refractivity contribution in [2.75, 3.05) is 6.54 Å². The fourth-order valence-corrected chi connectivity index (χ4v) is 2.53. The van der Waals surface area contributed by atoms with Crippen LogP contribution in [0.25, 0.3) is 0 Å². The summed E-state index contributed by atoms with van der Waals surface area (Å²) in [6, 6.07) is 2.33. The maximum atomic E-state index is 9.88. The van der Waals surface area contributed by atoms with Gasteiger partial charge in [-0.05, 0) is 31.7 Å². The van der Waals surface area contributed by atoms with Crippen molar-refractivity contribution >= 4 is 0 Å². The molecule has 1 aliphatic carbocycles. The van der Waals surface area contributed by atoms with Gasteiger partial charge in [0.15, 0.2) is 0 Å². The predicted octanol–water partition coefficient (Wildman–Crippen LogP) is 1.41. The van der Waals surface area contributed by atoms with Crippen LogP contribution in [0.3, 0.4) is 0 Å². The first-order valence-electron chi connectivity index (χ1n) is 6.64. The highest BCUT2D eigenvalue weighted by atomic mass is 16.3. The molecule has 0 radical (unpaired) electrons. The minimum absolute atomic E-state index is 0.104. The van der Waals surface area contributed by atoms with E-state index in [1.165, 1.54) is 12.8 Å². The molecular weight excluding hydrogens is 214 g/mol. The molecule has 1 aromatic heterocycles. The standard InChI is InChI=1S/C13H23N3O/c1-11(10-16-8-4-7-15-16)14-9-12-5-2-3-6-13(12)17/h4,7-8,11-14,17H,2-3,5-6,9-10H2,1H3. The molecule has 96 valence electrons. The molecule has 1 fully saturated rings. The van der Waals surface area contributed by atoms with Gasteiger partial charge in [0.1, 0.15) is 0 Å². The molecule has 17 heavy (non-hydrogen) atoms. The van der Waals surface area contributed by atoms with Crippen LogP contribution >= 0.6 is 0 Å². The van der Waals surface area contributed by atoms with Crippen molar-refractivity contribution < 1.29 is 5.11 Å². The zero-order valence-electron chi connectivity index (χ0n) is 10.5. The second kappa shape index (κ2) is 6.17. The van der Waals surface area contributed by atoms with Crippen molar-refractivity contribution in [3.63, 3.8) is 0 Å². The van der Waals surface area contributed by atoms with Crippen LogP contribution in [0.15, 0.2) is 18.5 Å². The zero-order valence-corrected chi connectivity index (χ0v) is 10.5. The maximum absolute atomic E-state index is 9.88. The normalized spacial score (nSPS) is 26.9. The molecule has 2 N–H and O–H groups in total. The molecule has 1 saturated carbocycles. The lowest BCUT2D eigenvalue weighted by molar-refractivity contribution is 0.0680. The molecule has 4 nitrogen and oxygen atoms in total. The van der Waals surface area contributed by atoms with Gasteiger partial charge in [-0.2, -0.15) is 5.10 Å². The Morgan fingerprint density at radius 1 is 1.47 bits per heavy atom. The predicted molar refractivity (Wildman–Crippen MR) is 67.7 cm³/mol. The molecular formula is C13H23N3O. The largest absolute Gasteiger partial charge is 0.393 e. The quantitative estimate of drug-likeness (QED) is 0.814. The average Bonchev–Trinajstić information content (AvgIpc) is 2.81. The lowest BCUT2D eigenvalue weighted by Crippen LogP contribution is -2.39. The van der Waals surface area contributed by atoms with E-state index in [1.54, 1.807) is 6.20 Å². The van der Waals surface area contributed by atoms with Crippen LogP contribution in [0.1, 0.15) is 32.6 Å². The summed E-state index contributed by atoms with van der Waals surface area (Å²) in [7, 11) is 0. The highest BCUT2D eigenvalue weighted by Gasteiger charge is 2.22. The van der Waals surface area contributed by atoms with E-state index >= 15 is 0 Å². The highest BCUT2D eigenvalue weighted by Crippen LogP contribution is 2.23. The Hall–Kier alpha value is -0.870. The molecule has 3 atom stereocenters. The van der Waals surface area contributed by atoms with Crippen LogP contribution in [0.2, 0.25) is 0 Å². The van der Waals surface area contributed by atoms with E-state index in [-0.39, 0.29) is 6.10 Å². The first-order valence-corrected chi connectivity index (χ1v) is 6.64. The molecule has 0 aromatic carbocycles. The van der Waals surface area contributed by atoms with E-state index in [2.05, 4.69) is 17.3 Å². The summed E-state index contributed by atoms with van der Waals surface area (Å²) in [6.45, 7) is 3.97. The van der Waals surface area contributed by atoms with Crippen molar-refractivity contribution in [2.45, 2.75) is 51.3 Å². The third-order valence-corrected chi connectivity index (χ3v) is 3.62. The Morgan fingerprint density at radius 3 is 3.00 bits per heavy atom. The lowest BCUT2D eigenvalue weighted by Gasteiger charge is -2.29. The minimum Gasteiger partial charge on any atom is -0.393 e. The van der Waals surface area contributed by atoms with Crippen molar-refractivity contribution in [3.05, 3.63) is 18.5 Å². The van der Waals surface area contributed by atoms with Gasteiger partial charge in [-0.1, -0.05) is 12.8 Å². The number of hydrogen-bond acceptors (Lipinski definition) is 3. The molecule has 1 aromatic rings. The number of aliphatic hydroxyl groups excluding tert-OH is 1. The second-order valence-electron chi connectivity index (χ2n) is 5.15. The fraction of sp³-hybridized carbons (Fsp3) is 0.769. The van der Waals surface area contributed by atoms with E-state index in [0.717, 1.165) is 25.9 Å². The smallest absolute Gasteiger partial charge is 0.0580 e. The Kier molecular flexibility index (Phi) is 4.57. The van der Waals surface area contributed by atoms with Gasteiger partial charge in [0.25, 0.3) is 0 Å². The number of nitrogens with one attached hydrogen (secondary N) is 1. The third-order valence-electron chi connectivity index (χ3n) is 3.62. The van der Waals surface area contributed by atoms with Gasteiger partial charge < -0.3 is 10.4 Å². The molecule has 4 heteroatoms. The summed E-state index contributed by atoms with van der Waals surface area (Å²) in [5, 5.41) is 17.6. The molecule has 0 aliphatic heterocycles. The molecule has 0 bridgehead atoms. The van der Waals surface area contributed by atoms with Gasteiger partial charge in [0, 0.05) is 25.0 Å². The van der Waals surface area contributed by atoms with E-state index in [0.29, 0.717) is 12.0 Å². The number of aliphatic hydroxyl groups is 1. The Morgan fingerprint density at radius 2 is 2.29 bits per heavy atom. The molecule has 1 aliphatic rings. The third kappa shape index (κ3) is 3.82. The van der Waals surface area contributed by atoms with Crippen LogP contribution in [0.4, 0.5) is 0 Å². The Bertz CT molecular complexity index is 312.